The molecule has 0 spiro atoms. The molecule has 0 aliphatic rings. The number of carbonyl (C=O) groups is 1. The Hall–Kier alpha value is -1.17. The molecule has 20 heavy (non-hydrogen) atoms. The van der Waals surface area contributed by atoms with E-state index in [9.17, 15) is 4.79 Å². The molecule has 0 aromatic carbocycles. The summed E-state index contributed by atoms with van der Waals surface area (Å²) in [7, 11) is 0. The van der Waals surface area contributed by atoms with E-state index in [4.69, 9.17) is 5.73 Å². The highest BCUT2D eigenvalue weighted by Gasteiger charge is 2.13. The molecule has 1 atom stereocenters. The third-order valence-corrected chi connectivity index (χ3v) is 5.00. The van der Waals surface area contributed by atoms with Crippen molar-refractivity contribution in [3.63, 3.8) is 0 Å². The molecule has 0 fully saturated rings. The van der Waals surface area contributed by atoms with Crippen molar-refractivity contribution >= 4 is 28.6 Å². The first kappa shape index (κ1) is 15.2. The van der Waals surface area contributed by atoms with Crippen LogP contribution < -0.4 is 11.1 Å². The lowest BCUT2D eigenvalue weighted by atomic mass is 10.1. The molecule has 0 aliphatic heterocycles. The molecule has 1 amide bonds. The van der Waals surface area contributed by atoms with Gasteiger partial charge in [0.15, 0.2) is 0 Å². The van der Waals surface area contributed by atoms with E-state index in [1.165, 1.54) is 9.75 Å². The average Bonchev–Trinajstić information content (AvgIpc) is 3.09. The van der Waals surface area contributed by atoms with Gasteiger partial charge in [-0.1, -0.05) is 12.1 Å². The van der Waals surface area contributed by atoms with Gasteiger partial charge in [-0.25, -0.2) is 0 Å². The molecule has 0 aliphatic carbocycles. The fourth-order valence-electron chi connectivity index (χ4n) is 2.09. The maximum atomic E-state index is 10.7. The molecular weight excluding hydrogens is 288 g/mol. The molecule has 1 unspecified atom stereocenters. The molecular formula is C15H20N2OS2. The normalized spacial score (nSPS) is 12.4. The van der Waals surface area contributed by atoms with Crippen molar-refractivity contribution in [3.05, 3.63) is 44.8 Å². The summed E-state index contributed by atoms with van der Waals surface area (Å²) in [4.78, 5) is 13.5. The summed E-state index contributed by atoms with van der Waals surface area (Å²) in [6.45, 7) is 0.918. The second kappa shape index (κ2) is 8.19. The molecule has 0 saturated carbocycles. The Morgan fingerprint density at radius 3 is 2.65 bits per heavy atom. The number of amides is 1. The quantitative estimate of drug-likeness (QED) is 0.698. The Labute approximate surface area is 127 Å². The van der Waals surface area contributed by atoms with Crippen LogP contribution in [0.2, 0.25) is 0 Å². The lowest BCUT2D eigenvalue weighted by molar-refractivity contribution is -0.118. The Kier molecular flexibility index (Phi) is 6.24. The van der Waals surface area contributed by atoms with Gasteiger partial charge in [-0.2, -0.15) is 0 Å². The summed E-state index contributed by atoms with van der Waals surface area (Å²) in [5.74, 6) is -0.210. The van der Waals surface area contributed by atoms with Crippen LogP contribution in [-0.4, -0.2) is 12.5 Å². The van der Waals surface area contributed by atoms with Gasteiger partial charge in [0.1, 0.15) is 0 Å². The highest BCUT2D eigenvalue weighted by molar-refractivity contribution is 7.10. The van der Waals surface area contributed by atoms with Gasteiger partial charge >= 0.3 is 0 Å². The summed E-state index contributed by atoms with van der Waals surface area (Å²) < 4.78 is 0. The third-order valence-electron chi connectivity index (χ3n) is 3.11. The molecule has 2 rings (SSSR count). The molecule has 108 valence electrons. The second-order valence-corrected chi connectivity index (χ2v) is 6.74. The van der Waals surface area contributed by atoms with Gasteiger partial charge in [-0.05, 0) is 42.3 Å². The van der Waals surface area contributed by atoms with Crippen molar-refractivity contribution in [1.29, 1.82) is 0 Å². The zero-order chi connectivity index (χ0) is 14.2. The Balaban J connectivity index is 1.82. The monoisotopic (exact) mass is 308 g/mol. The molecule has 2 heterocycles. The summed E-state index contributed by atoms with van der Waals surface area (Å²) in [5.41, 5.74) is 5.15. The van der Waals surface area contributed by atoms with Crippen molar-refractivity contribution < 1.29 is 4.79 Å². The molecule has 0 saturated heterocycles. The molecule has 0 radical (unpaired) electrons. The number of carbonyl (C=O) groups excluding carboxylic acids is 1. The predicted octanol–water partition coefficient (Wildman–Crippen LogP) is 3.34. The first-order valence-corrected chi connectivity index (χ1v) is 8.59. The van der Waals surface area contributed by atoms with Crippen LogP contribution in [-0.2, 0) is 11.2 Å². The van der Waals surface area contributed by atoms with Gasteiger partial charge < -0.3 is 11.1 Å². The minimum absolute atomic E-state index is 0.210. The van der Waals surface area contributed by atoms with E-state index in [2.05, 4.69) is 40.3 Å². The molecule has 3 N–H and O–H groups in total. The number of primary amides is 1. The van der Waals surface area contributed by atoms with E-state index >= 15 is 0 Å². The summed E-state index contributed by atoms with van der Waals surface area (Å²) >= 11 is 3.59. The number of hydrogen-bond donors (Lipinski definition) is 2. The van der Waals surface area contributed by atoms with Crippen molar-refractivity contribution in [1.82, 2.24) is 5.32 Å². The topological polar surface area (TPSA) is 55.1 Å². The van der Waals surface area contributed by atoms with Crippen LogP contribution in [0.4, 0.5) is 0 Å². The first-order chi connectivity index (χ1) is 9.75. The lowest BCUT2D eigenvalue weighted by Gasteiger charge is -2.16. The zero-order valence-corrected chi connectivity index (χ0v) is 13.0. The van der Waals surface area contributed by atoms with E-state index in [0.29, 0.717) is 12.5 Å². The Morgan fingerprint density at radius 2 is 2.00 bits per heavy atom. The molecule has 3 nitrogen and oxygen atoms in total. The van der Waals surface area contributed by atoms with Crippen LogP contribution >= 0.6 is 22.7 Å². The third kappa shape index (κ3) is 5.07. The van der Waals surface area contributed by atoms with Crippen LogP contribution in [0.5, 0.6) is 0 Å². The van der Waals surface area contributed by atoms with Gasteiger partial charge in [-0.15, -0.1) is 22.7 Å². The standard InChI is InChI=1S/C15H20N2OS2/c16-15(18)7-1-2-8-17-13(14-6-4-10-20-14)11-12-5-3-9-19-12/h3-6,9-10,13,17H,1-2,7-8,11H2,(H2,16,18). The van der Waals surface area contributed by atoms with Gasteiger partial charge in [0.05, 0.1) is 0 Å². The van der Waals surface area contributed by atoms with Crippen LogP contribution in [0.25, 0.3) is 0 Å². The first-order valence-electron chi connectivity index (χ1n) is 6.83. The maximum absolute atomic E-state index is 10.7. The molecule has 0 bridgehead atoms. The van der Waals surface area contributed by atoms with Gasteiger partial charge in [0.2, 0.25) is 5.91 Å². The number of nitrogens with two attached hydrogens (primary N) is 1. The summed E-state index contributed by atoms with van der Waals surface area (Å²) in [6.07, 6.45) is 3.35. The van der Waals surface area contributed by atoms with E-state index in [-0.39, 0.29) is 5.91 Å². The van der Waals surface area contributed by atoms with Crippen molar-refractivity contribution in [2.45, 2.75) is 31.7 Å². The van der Waals surface area contributed by atoms with Crippen molar-refractivity contribution in [2.75, 3.05) is 6.54 Å². The van der Waals surface area contributed by atoms with Crippen LogP contribution in [0, 0.1) is 0 Å². The van der Waals surface area contributed by atoms with E-state index in [1.807, 2.05) is 0 Å². The highest BCUT2D eigenvalue weighted by Crippen LogP contribution is 2.24. The summed E-state index contributed by atoms with van der Waals surface area (Å²) in [5, 5.41) is 7.83. The number of hydrogen-bond acceptors (Lipinski definition) is 4. The summed E-state index contributed by atoms with van der Waals surface area (Å²) in [6, 6.07) is 8.91. The lowest BCUT2D eigenvalue weighted by Crippen LogP contribution is -2.23. The van der Waals surface area contributed by atoms with Gasteiger partial charge in [-0.3, -0.25) is 4.79 Å². The fraction of sp³-hybridized carbons (Fsp3) is 0.400. The molecule has 2 aromatic heterocycles. The zero-order valence-electron chi connectivity index (χ0n) is 11.4. The number of nitrogens with one attached hydrogen (secondary N) is 1. The second-order valence-electron chi connectivity index (χ2n) is 4.73. The van der Waals surface area contributed by atoms with E-state index in [0.717, 1.165) is 25.8 Å². The van der Waals surface area contributed by atoms with Crippen molar-refractivity contribution in [3.8, 4) is 0 Å². The smallest absolute Gasteiger partial charge is 0.217 e. The minimum atomic E-state index is -0.210. The van der Waals surface area contributed by atoms with Gasteiger partial charge in [0, 0.05) is 28.6 Å². The van der Waals surface area contributed by atoms with Crippen molar-refractivity contribution in [2.24, 2.45) is 5.73 Å². The van der Waals surface area contributed by atoms with E-state index < -0.39 is 0 Å². The van der Waals surface area contributed by atoms with E-state index in [1.54, 1.807) is 22.7 Å². The fourth-order valence-corrected chi connectivity index (χ4v) is 3.65. The highest BCUT2D eigenvalue weighted by atomic mass is 32.1. The van der Waals surface area contributed by atoms with Crippen LogP contribution in [0.1, 0.15) is 35.1 Å². The maximum Gasteiger partial charge on any atom is 0.217 e. The van der Waals surface area contributed by atoms with Crippen LogP contribution in [0.15, 0.2) is 35.0 Å². The minimum Gasteiger partial charge on any atom is -0.370 e. The number of unbranched alkanes of at least 4 members (excludes halogenated alkanes) is 1. The Bertz CT molecular complexity index is 494. The van der Waals surface area contributed by atoms with Gasteiger partial charge in [0.25, 0.3) is 0 Å². The molecule has 5 heteroatoms. The largest absolute Gasteiger partial charge is 0.370 e. The Morgan fingerprint density at radius 1 is 1.20 bits per heavy atom. The average molecular weight is 308 g/mol. The SMILES string of the molecule is NC(=O)CCCCNC(Cc1cccs1)c1cccs1. The number of thiophene rings is 2. The van der Waals surface area contributed by atoms with Crippen LogP contribution in [0.3, 0.4) is 0 Å². The molecule has 2 aromatic rings. The predicted molar refractivity (Wildman–Crippen MR) is 86.1 cm³/mol. The number of rotatable bonds is 9.